The van der Waals surface area contributed by atoms with Crippen LogP contribution in [-0.2, 0) is 0 Å². The quantitative estimate of drug-likeness (QED) is 0.692. The van der Waals surface area contributed by atoms with Gasteiger partial charge in [-0.1, -0.05) is 54.1 Å². The van der Waals surface area contributed by atoms with Crippen molar-refractivity contribution in [1.82, 2.24) is 9.88 Å². The van der Waals surface area contributed by atoms with Crippen LogP contribution < -0.4 is 0 Å². The Labute approximate surface area is 152 Å². The molecule has 1 aliphatic heterocycles. The lowest BCUT2D eigenvalue weighted by Gasteiger charge is -2.25. The molecule has 4 rings (SSSR count). The van der Waals surface area contributed by atoms with Crippen molar-refractivity contribution in [3.8, 4) is 0 Å². The minimum Gasteiger partial charge on any atom is -0.384 e. The van der Waals surface area contributed by atoms with Crippen LogP contribution in [0.1, 0.15) is 41.7 Å². The summed E-state index contributed by atoms with van der Waals surface area (Å²) in [6.07, 6.45) is 3.34. The molecule has 2 atom stereocenters. The summed E-state index contributed by atoms with van der Waals surface area (Å²) in [4.78, 5) is 6.61. The Bertz CT molecular complexity index is 906. The van der Waals surface area contributed by atoms with Gasteiger partial charge in [0.15, 0.2) is 0 Å². The van der Waals surface area contributed by atoms with E-state index in [2.05, 4.69) is 35.1 Å². The van der Waals surface area contributed by atoms with Crippen LogP contribution in [0.3, 0.4) is 0 Å². The molecule has 128 valence electrons. The lowest BCUT2D eigenvalue weighted by Crippen LogP contribution is -2.20. The molecule has 3 nitrogen and oxygen atoms in total. The second kappa shape index (κ2) is 6.75. The monoisotopic (exact) mass is 352 g/mol. The summed E-state index contributed by atoms with van der Waals surface area (Å²) in [5.74, 6) is 0. The van der Waals surface area contributed by atoms with Crippen LogP contribution in [0.2, 0.25) is 5.15 Å². The molecule has 1 N–H and O–H groups in total. The van der Waals surface area contributed by atoms with E-state index in [1.165, 1.54) is 0 Å². The van der Waals surface area contributed by atoms with Gasteiger partial charge in [0.05, 0.1) is 0 Å². The fraction of sp³-hybridized carbons (Fsp3) is 0.286. The maximum atomic E-state index is 11.2. The van der Waals surface area contributed by atoms with Crippen LogP contribution in [0.15, 0.2) is 54.7 Å². The van der Waals surface area contributed by atoms with Crippen molar-refractivity contribution in [1.29, 1.82) is 0 Å². The molecular weight excluding hydrogens is 332 g/mol. The van der Waals surface area contributed by atoms with E-state index in [1.54, 1.807) is 0 Å². The predicted octanol–water partition coefficient (Wildman–Crippen LogP) is 4.74. The molecule has 1 saturated heterocycles. The molecule has 0 unspecified atom stereocenters. The van der Waals surface area contributed by atoms with Gasteiger partial charge in [0, 0.05) is 12.2 Å². The van der Waals surface area contributed by atoms with Crippen molar-refractivity contribution in [3.63, 3.8) is 0 Å². The molecule has 0 amide bonds. The first kappa shape index (κ1) is 16.5. The number of halogens is 1. The average Bonchev–Trinajstić information content (AvgIpc) is 3.06. The number of aliphatic hydroxyl groups is 1. The van der Waals surface area contributed by atoms with Gasteiger partial charge in [-0.25, -0.2) is 4.98 Å². The number of benzene rings is 2. The van der Waals surface area contributed by atoms with Gasteiger partial charge in [0.2, 0.25) is 0 Å². The third-order valence-electron chi connectivity index (χ3n) is 5.23. The number of aliphatic hydroxyl groups excluding tert-OH is 1. The minimum atomic E-state index is -0.726. The molecule has 0 radical (unpaired) electrons. The van der Waals surface area contributed by atoms with E-state index in [9.17, 15) is 5.11 Å². The van der Waals surface area contributed by atoms with Gasteiger partial charge in [-0.3, -0.25) is 4.90 Å². The molecule has 1 aliphatic rings. The lowest BCUT2D eigenvalue weighted by molar-refractivity contribution is 0.216. The van der Waals surface area contributed by atoms with E-state index in [1.807, 2.05) is 36.5 Å². The highest BCUT2D eigenvalue weighted by Crippen LogP contribution is 2.38. The number of likely N-dealkylation sites (tertiary alicyclic amines) is 1. The first-order chi connectivity index (χ1) is 12.1. The molecule has 1 aromatic heterocycles. The number of nitrogens with zero attached hydrogens (tertiary/aromatic N) is 2. The highest BCUT2D eigenvalue weighted by atomic mass is 35.5. The van der Waals surface area contributed by atoms with E-state index >= 15 is 0 Å². The summed E-state index contributed by atoms with van der Waals surface area (Å²) in [5, 5.41) is 13.8. The summed E-state index contributed by atoms with van der Waals surface area (Å²) in [6.45, 7) is 1.07. The largest absolute Gasteiger partial charge is 0.384 e. The van der Waals surface area contributed by atoms with E-state index in [4.69, 9.17) is 11.6 Å². The second-order valence-corrected chi connectivity index (χ2v) is 7.13. The van der Waals surface area contributed by atoms with E-state index in [-0.39, 0.29) is 6.04 Å². The molecule has 0 bridgehead atoms. The van der Waals surface area contributed by atoms with Crippen molar-refractivity contribution in [2.75, 3.05) is 13.6 Å². The lowest BCUT2D eigenvalue weighted by atomic mass is 9.91. The fourth-order valence-electron chi connectivity index (χ4n) is 3.93. The zero-order valence-electron chi connectivity index (χ0n) is 14.2. The summed E-state index contributed by atoms with van der Waals surface area (Å²) in [7, 11) is 2.13. The highest BCUT2D eigenvalue weighted by molar-refractivity contribution is 6.29. The molecule has 1 fully saturated rings. The van der Waals surface area contributed by atoms with Crippen LogP contribution in [0.5, 0.6) is 0 Å². The van der Waals surface area contributed by atoms with Gasteiger partial charge in [0.25, 0.3) is 0 Å². The van der Waals surface area contributed by atoms with Crippen molar-refractivity contribution in [2.24, 2.45) is 0 Å². The molecule has 0 spiro atoms. The third-order valence-corrected chi connectivity index (χ3v) is 5.43. The summed E-state index contributed by atoms with van der Waals surface area (Å²) in [5.41, 5.74) is 2.84. The molecule has 2 aromatic carbocycles. The molecule has 0 aliphatic carbocycles. The van der Waals surface area contributed by atoms with Crippen molar-refractivity contribution < 1.29 is 5.11 Å². The maximum Gasteiger partial charge on any atom is 0.129 e. The number of rotatable bonds is 3. The molecule has 2 heterocycles. The zero-order valence-corrected chi connectivity index (χ0v) is 14.9. The summed E-state index contributed by atoms with van der Waals surface area (Å²) >= 11 is 6.17. The minimum absolute atomic E-state index is 0.282. The Balaban J connectivity index is 1.84. The zero-order chi connectivity index (χ0) is 17.4. The van der Waals surface area contributed by atoms with Gasteiger partial charge in [-0.2, -0.15) is 0 Å². The van der Waals surface area contributed by atoms with Gasteiger partial charge in [-0.05, 0) is 60.0 Å². The van der Waals surface area contributed by atoms with Crippen LogP contribution in [0.4, 0.5) is 0 Å². The van der Waals surface area contributed by atoms with Gasteiger partial charge in [-0.15, -0.1) is 0 Å². The molecular formula is C21H21ClN2O. The van der Waals surface area contributed by atoms with E-state index < -0.39 is 6.10 Å². The number of hydrogen-bond donors (Lipinski definition) is 1. The van der Waals surface area contributed by atoms with Crippen molar-refractivity contribution in [3.05, 3.63) is 76.6 Å². The topological polar surface area (TPSA) is 36.4 Å². The Morgan fingerprint density at radius 1 is 1.16 bits per heavy atom. The van der Waals surface area contributed by atoms with E-state index in [0.717, 1.165) is 46.8 Å². The molecule has 4 heteroatoms. The predicted molar refractivity (Wildman–Crippen MR) is 102 cm³/mol. The number of pyridine rings is 1. The Kier molecular flexibility index (Phi) is 4.46. The number of hydrogen-bond acceptors (Lipinski definition) is 3. The highest BCUT2D eigenvalue weighted by Gasteiger charge is 2.28. The Morgan fingerprint density at radius 3 is 2.76 bits per heavy atom. The van der Waals surface area contributed by atoms with Crippen LogP contribution in [0, 0.1) is 0 Å². The van der Waals surface area contributed by atoms with Crippen molar-refractivity contribution >= 4 is 22.4 Å². The van der Waals surface area contributed by atoms with E-state index in [0.29, 0.717) is 5.15 Å². The second-order valence-electron chi connectivity index (χ2n) is 6.75. The van der Waals surface area contributed by atoms with Gasteiger partial charge >= 0.3 is 0 Å². The van der Waals surface area contributed by atoms with Crippen molar-refractivity contribution in [2.45, 2.75) is 25.0 Å². The molecule has 3 aromatic rings. The summed E-state index contributed by atoms with van der Waals surface area (Å²) < 4.78 is 0. The third kappa shape index (κ3) is 3.04. The smallest absolute Gasteiger partial charge is 0.129 e. The Hall–Kier alpha value is -1.94. The first-order valence-corrected chi connectivity index (χ1v) is 9.04. The van der Waals surface area contributed by atoms with Crippen LogP contribution in [0.25, 0.3) is 10.8 Å². The SMILES string of the molecule is CN1CCC[C@H]1c1cnc(Cl)cc1[C@@H](O)c1cccc2ccccc12. The van der Waals surface area contributed by atoms with Crippen LogP contribution >= 0.6 is 11.6 Å². The maximum absolute atomic E-state index is 11.2. The summed E-state index contributed by atoms with van der Waals surface area (Å²) in [6, 6.07) is 16.3. The van der Waals surface area contributed by atoms with Crippen LogP contribution in [-0.4, -0.2) is 28.6 Å². The molecule has 25 heavy (non-hydrogen) atoms. The standard InChI is InChI=1S/C21H21ClN2O/c1-24-11-5-10-19(24)18-13-23-20(22)12-17(18)21(25)16-9-4-7-14-6-2-3-8-15(14)16/h2-4,6-9,12-13,19,21,25H,5,10-11H2,1H3/t19-,21-/m0/s1. The fourth-order valence-corrected chi connectivity index (χ4v) is 4.10. The average molecular weight is 353 g/mol. The molecule has 0 saturated carbocycles. The normalized spacial score (nSPS) is 19.4. The van der Waals surface area contributed by atoms with Gasteiger partial charge in [0.1, 0.15) is 11.3 Å². The first-order valence-electron chi connectivity index (χ1n) is 8.66. The number of aromatic nitrogens is 1. The Morgan fingerprint density at radius 2 is 1.96 bits per heavy atom. The number of fused-ring (bicyclic) bond motifs is 1. The van der Waals surface area contributed by atoms with Gasteiger partial charge < -0.3 is 5.11 Å².